The number of benzene rings is 2. The molecular weight excluding hydrogens is 334 g/mol. The lowest BCUT2D eigenvalue weighted by Gasteiger charge is -2.22. The first-order valence-corrected chi connectivity index (χ1v) is 8.73. The van der Waals surface area contributed by atoms with Crippen LogP contribution in [-0.2, 0) is 0 Å². The van der Waals surface area contributed by atoms with E-state index in [0.29, 0.717) is 28.6 Å². The smallest absolute Gasteiger partial charge is 0.258 e. The number of anilines is 1. The van der Waals surface area contributed by atoms with Gasteiger partial charge in [-0.15, -0.1) is 11.8 Å². The van der Waals surface area contributed by atoms with Crippen LogP contribution in [-0.4, -0.2) is 25.0 Å². The Bertz CT molecular complexity index is 780. The summed E-state index contributed by atoms with van der Waals surface area (Å²) in [7, 11) is 0. The number of para-hydroxylation sites is 1. The SMILES string of the molecule is O=C(c1cc(Cl)c2c(c1)OCO2)N1CCCSc2ccccc21. The largest absolute Gasteiger partial charge is 0.454 e. The van der Waals surface area contributed by atoms with Crippen LogP contribution in [0.3, 0.4) is 0 Å². The quantitative estimate of drug-likeness (QED) is 0.774. The van der Waals surface area contributed by atoms with Gasteiger partial charge in [-0.1, -0.05) is 23.7 Å². The lowest BCUT2D eigenvalue weighted by Crippen LogP contribution is -2.31. The van der Waals surface area contributed by atoms with Crippen molar-refractivity contribution in [3.63, 3.8) is 0 Å². The topological polar surface area (TPSA) is 38.8 Å². The lowest BCUT2D eigenvalue weighted by molar-refractivity contribution is 0.0986. The van der Waals surface area contributed by atoms with Crippen LogP contribution in [0.25, 0.3) is 0 Å². The molecule has 0 N–H and O–H groups in total. The number of hydrogen-bond acceptors (Lipinski definition) is 4. The molecule has 2 aromatic rings. The van der Waals surface area contributed by atoms with Gasteiger partial charge in [-0.05, 0) is 36.4 Å². The molecule has 2 heterocycles. The number of carbonyl (C=O) groups is 1. The van der Waals surface area contributed by atoms with Crippen molar-refractivity contribution < 1.29 is 14.3 Å². The van der Waals surface area contributed by atoms with Gasteiger partial charge in [0, 0.05) is 17.0 Å². The van der Waals surface area contributed by atoms with Gasteiger partial charge in [0.15, 0.2) is 11.5 Å². The molecule has 2 aliphatic heterocycles. The number of thioether (sulfide) groups is 1. The van der Waals surface area contributed by atoms with Gasteiger partial charge in [-0.2, -0.15) is 0 Å². The lowest BCUT2D eigenvalue weighted by atomic mass is 10.1. The van der Waals surface area contributed by atoms with E-state index in [1.54, 1.807) is 23.9 Å². The highest BCUT2D eigenvalue weighted by atomic mass is 35.5. The number of hydrogen-bond donors (Lipinski definition) is 0. The third kappa shape index (κ3) is 2.64. The van der Waals surface area contributed by atoms with Gasteiger partial charge < -0.3 is 14.4 Å². The Hall–Kier alpha value is -1.85. The number of ether oxygens (including phenoxy) is 2. The number of carbonyl (C=O) groups excluding carboxylic acids is 1. The fourth-order valence-corrected chi connectivity index (χ4v) is 4.04. The minimum absolute atomic E-state index is 0.0693. The fraction of sp³-hybridized carbons (Fsp3) is 0.235. The second-order valence-corrected chi connectivity index (χ2v) is 6.86. The van der Waals surface area contributed by atoms with Crippen LogP contribution >= 0.6 is 23.4 Å². The van der Waals surface area contributed by atoms with Crippen molar-refractivity contribution in [3.05, 3.63) is 47.0 Å². The standard InChI is InChI=1S/C17H14ClNO3S/c18-12-8-11(9-14-16(12)22-10-21-14)17(20)19-6-3-7-23-15-5-2-1-4-13(15)19/h1-2,4-5,8-9H,3,6-7,10H2. The maximum Gasteiger partial charge on any atom is 0.258 e. The minimum atomic E-state index is -0.0693. The number of nitrogens with zero attached hydrogens (tertiary/aromatic N) is 1. The first-order chi connectivity index (χ1) is 11.2. The maximum atomic E-state index is 13.0. The highest BCUT2D eigenvalue weighted by molar-refractivity contribution is 7.99. The molecule has 1 amide bonds. The molecular formula is C17H14ClNO3S. The summed E-state index contributed by atoms with van der Waals surface area (Å²) >= 11 is 7.99. The second kappa shape index (κ2) is 5.98. The van der Waals surface area contributed by atoms with Crippen LogP contribution < -0.4 is 14.4 Å². The van der Waals surface area contributed by atoms with Crippen LogP contribution in [0.5, 0.6) is 11.5 Å². The summed E-state index contributed by atoms with van der Waals surface area (Å²) in [5.41, 5.74) is 1.47. The highest BCUT2D eigenvalue weighted by Gasteiger charge is 2.26. The first kappa shape index (κ1) is 14.7. The molecule has 4 rings (SSSR count). The normalized spacial score (nSPS) is 16.0. The van der Waals surface area contributed by atoms with E-state index in [9.17, 15) is 4.79 Å². The fourth-order valence-electron chi connectivity index (χ4n) is 2.79. The maximum absolute atomic E-state index is 13.0. The van der Waals surface area contributed by atoms with Gasteiger partial charge >= 0.3 is 0 Å². The third-order valence-corrected chi connectivity index (χ3v) is 5.29. The minimum Gasteiger partial charge on any atom is -0.454 e. The van der Waals surface area contributed by atoms with E-state index in [0.717, 1.165) is 22.8 Å². The van der Waals surface area contributed by atoms with Gasteiger partial charge in [0.1, 0.15) is 0 Å². The predicted molar refractivity (Wildman–Crippen MR) is 91.0 cm³/mol. The van der Waals surface area contributed by atoms with E-state index in [1.165, 1.54) is 0 Å². The number of amides is 1. The average molecular weight is 348 g/mol. The van der Waals surface area contributed by atoms with Gasteiger partial charge in [0.2, 0.25) is 6.79 Å². The van der Waals surface area contributed by atoms with Crippen molar-refractivity contribution in [2.24, 2.45) is 0 Å². The molecule has 0 saturated carbocycles. The zero-order valence-electron chi connectivity index (χ0n) is 12.3. The van der Waals surface area contributed by atoms with Crippen LogP contribution in [0.1, 0.15) is 16.8 Å². The van der Waals surface area contributed by atoms with E-state index < -0.39 is 0 Å². The van der Waals surface area contributed by atoms with Crippen molar-refractivity contribution >= 4 is 35.0 Å². The summed E-state index contributed by atoms with van der Waals surface area (Å²) in [6, 6.07) is 11.3. The third-order valence-electron chi connectivity index (χ3n) is 3.86. The van der Waals surface area contributed by atoms with Crippen molar-refractivity contribution in [1.82, 2.24) is 0 Å². The van der Waals surface area contributed by atoms with Crippen molar-refractivity contribution in [2.75, 3.05) is 24.0 Å². The number of halogens is 1. The summed E-state index contributed by atoms with van der Waals surface area (Å²) in [4.78, 5) is 16.0. The zero-order valence-corrected chi connectivity index (χ0v) is 13.8. The van der Waals surface area contributed by atoms with Gasteiger partial charge in [-0.3, -0.25) is 4.79 Å². The monoisotopic (exact) mass is 347 g/mol. The molecule has 4 nitrogen and oxygen atoms in total. The van der Waals surface area contributed by atoms with Gasteiger partial charge in [-0.25, -0.2) is 0 Å². The van der Waals surface area contributed by atoms with E-state index in [1.807, 2.05) is 23.1 Å². The van der Waals surface area contributed by atoms with Crippen LogP contribution in [0, 0.1) is 0 Å². The Labute approximate surface area is 143 Å². The Morgan fingerprint density at radius 1 is 1.22 bits per heavy atom. The van der Waals surface area contributed by atoms with Gasteiger partial charge in [0.25, 0.3) is 5.91 Å². The Kier molecular flexibility index (Phi) is 3.83. The van der Waals surface area contributed by atoms with Gasteiger partial charge in [0.05, 0.1) is 10.7 Å². The van der Waals surface area contributed by atoms with E-state index in [2.05, 4.69) is 6.07 Å². The summed E-state index contributed by atoms with van der Waals surface area (Å²) in [5.74, 6) is 1.97. The average Bonchev–Trinajstić information content (AvgIpc) is 2.94. The predicted octanol–water partition coefficient (Wildman–Crippen LogP) is 4.21. The van der Waals surface area contributed by atoms with Crippen LogP contribution in [0.2, 0.25) is 5.02 Å². The molecule has 0 saturated heterocycles. The summed E-state index contributed by atoms with van der Waals surface area (Å²) in [6.45, 7) is 0.824. The second-order valence-electron chi connectivity index (χ2n) is 5.32. The summed E-state index contributed by atoms with van der Waals surface area (Å²) in [5, 5.41) is 0.404. The van der Waals surface area contributed by atoms with E-state index in [-0.39, 0.29) is 12.7 Å². The molecule has 23 heavy (non-hydrogen) atoms. The molecule has 0 spiro atoms. The molecule has 2 aliphatic rings. The Balaban J connectivity index is 1.73. The zero-order chi connectivity index (χ0) is 15.8. The van der Waals surface area contributed by atoms with Crippen molar-refractivity contribution in [2.45, 2.75) is 11.3 Å². The Morgan fingerprint density at radius 3 is 3.00 bits per heavy atom. The molecule has 2 aromatic carbocycles. The van der Waals surface area contributed by atoms with Crippen LogP contribution in [0.4, 0.5) is 5.69 Å². The molecule has 118 valence electrons. The molecule has 0 unspecified atom stereocenters. The molecule has 0 bridgehead atoms. The summed E-state index contributed by atoms with van der Waals surface area (Å²) in [6.07, 6.45) is 0.948. The highest BCUT2D eigenvalue weighted by Crippen LogP contribution is 2.41. The first-order valence-electron chi connectivity index (χ1n) is 7.37. The Morgan fingerprint density at radius 2 is 2.09 bits per heavy atom. The molecule has 0 aromatic heterocycles. The molecule has 0 atom stereocenters. The number of fused-ring (bicyclic) bond motifs is 2. The summed E-state index contributed by atoms with van der Waals surface area (Å²) < 4.78 is 10.7. The molecule has 0 radical (unpaired) electrons. The van der Waals surface area contributed by atoms with Crippen molar-refractivity contribution in [3.8, 4) is 11.5 Å². The molecule has 6 heteroatoms. The van der Waals surface area contributed by atoms with Crippen LogP contribution in [0.15, 0.2) is 41.3 Å². The number of rotatable bonds is 1. The molecule has 0 fully saturated rings. The molecule has 0 aliphatic carbocycles. The van der Waals surface area contributed by atoms with E-state index >= 15 is 0 Å². The van der Waals surface area contributed by atoms with E-state index in [4.69, 9.17) is 21.1 Å². The van der Waals surface area contributed by atoms with Crippen molar-refractivity contribution in [1.29, 1.82) is 0 Å².